The number of benzene rings is 1. The molecule has 0 radical (unpaired) electrons. The molecule has 21 heavy (non-hydrogen) atoms. The maximum Gasteiger partial charge on any atom is 0.227 e. The fourth-order valence-corrected chi connectivity index (χ4v) is 1.79. The van der Waals surface area contributed by atoms with Crippen molar-refractivity contribution < 1.29 is 14.1 Å². The van der Waals surface area contributed by atoms with Crippen LogP contribution in [0.1, 0.15) is 25.7 Å². The summed E-state index contributed by atoms with van der Waals surface area (Å²) in [5.74, 6) is 1.75. The van der Waals surface area contributed by atoms with Gasteiger partial charge in [0.2, 0.25) is 17.6 Å². The number of rotatable bonds is 7. The van der Waals surface area contributed by atoms with Crippen molar-refractivity contribution in [3.05, 3.63) is 30.2 Å². The van der Waals surface area contributed by atoms with E-state index >= 15 is 0 Å². The molecule has 112 valence electrons. The van der Waals surface area contributed by atoms with Crippen LogP contribution in [0.15, 0.2) is 28.8 Å². The van der Waals surface area contributed by atoms with E-state index in [9.17, 15) is 4.79 Å². The Morgan fingerprint density at radius 3 is 2.76 bits per heavy atom. The van der Waals surface area contributed by atoms with Gasteiger partial charge in [0.05, 0.1) is 7.11 Å². The number of methoxy groups -OCH3 is 1. The van der Waals surface area contributed by atoms with E-state index in [1.54, 1.807) is 7.11 Å². The minimum absolute atomic E-state index is 0.000970. The first-order valence-corrected chi connectivity index (χ1v) is 6.96. The monoisotopic (exact) mass is 289 g/mol. The van der Waals surface area contributed by atoms with E-state index in [0.29, 0.717) is 31.1 Å². The molecule has 2 rings (SSSR count). The van der Waals surface area contributed by atoms with Crippen molar-refractivity contribution in [3.63, 3.8) is 0 Å². The molecular formula is C15H19N3O3. The van der Waals surface area contributed by atoms with Gasteiger partial charge in [0.25, 0.3) is 0 Å². The summed E-state index contributed by atoms with van der Waals surface area (Å²) >= 11 is 0. The van der Waals surface area contributed by atoms with Crippen molar-refractivity contribution in [2.75, 3.05) is 13.7 Å². The first-order chi connectivity index (χ1) is 10.2. The highest BCUT2D eigenvalue weighted by atomic mass is 16.5. The minimum atomic E-state index is 0.000970. The quantitative estimate of drug-likeness (QED) is 0.845. The van der Waals surface area contributed by atoms with Crippen molar-refractivity contribution >= 4 is 5.91 Å². The van der Waals surface area contributed by atoms with E-state index in [2.05, 4.69) is 15.5 Å². The highest BCUT2D eigenvalue weighted by molar-refractivity contribution is 5.75. The zero-order chi connectivity index (χ0) is 15.1. The Hall–Kier alpha value is -2.37. The molecule has 2 aromatic rings. The van der Waals surface area contributed by atoms with E-state index in [1.165, 1.54) is 0 Å². The third kappa shape index (κ3) is 4.30. The molecule has 0 bridgehead atoms. The topological polar surface area (TPSA) is 77.2 Å². The van der Waals surface area contributed by atoms with Gasteiger partial charge in [-0.15, -0.1) is 0 Å². The molecule has 0 aliphatic carbocycles. The molecule has 0 fully saturated rings. The lowest BCUT2D eigenvalue weighted by atomic mass is 10.2. The lowest BCUT2D eigenvalue weighted by molar-refractivity contribution is -0.121. The van der Waals surface area contributed by atoms with Crippen LogP contribution in [-0.4, -0.2) is 29.7 Å². The number of aryl methyl sites for hydroxylation is 1. The molecule has 0 aliphatic heterocycles. The summed E-state index contributed by atoms with van der Waals surface area (Å²) in [5, 5.41) is 6.73. The number of carbonyl (C=O) groups excluding carboxylic acids is 1. The molecule has 1 aromatic heterocycles. The minimum Gasteiger partial charge on any atom is -0.497 e. The Morgan fingerprint density at radius 1 is 1.33 bits per heavy atom. The van der Waals surface area contributed by atoms with Crippen LogP contribution in [0, 0.1) is 0 Å². The molecule has 6 heteroatoms. The Bertz CT molecular complexity index is 578. The van der Waals surface area contributed by atoms with E-state index < -0.39 is 0 Å². The predicted molar refractivity (Wildman–Crippen MR) is 77.9 cm³/mol. The fourth-order valence-electron chi connectivity index (χ4n) is 1.79. The first-order valence-electron chi connectivity index (χ1n) is 6.96. The van der Waals surface area contributed by atoms with E-state index in [1.807, 2.05) is 31.2 Å². The van der Waals surface area contributed by atoms with E-state index in [4.69, 9.17) is 9.26 Å². The molecule has 0 saturated carbocycles. The van der Waals surface area contributed by atoms with Crippen LogP contribution in [0.25, 0.3) is 11.4 Å². The number of aromatic nitrogens is 2. The van der Waals surface area contributed by atoms with E-state index in [-0.39, 0.29) is 5.91 Å². The summed E-state index contributed by atoms with van der Waals surface area (Å²) < 4.78 is 10.3. The van der Waals surface area contributed by atoms with Gasteiger partial charge in [-0.05, 0) is 30.7 Å². The summed E-state index contributed by atoms with van der Waals surface area (Å²) in [6.07, 6.45) is 1.72. The van der Waals surface area contributed by atoms with Crippen molar-refractivity contribution in [2.45, 2.75) is 26.2 Å². The number of ether oxygens (including phenoxy) is 1. The van der Waals surface area contributed by atoms with Gasteiger partial charge < -0.3 is 14.6 Å². The SMILES string of the molecule is CCCNC(=O)CCc1nc(-c2ccc(OC)cc2)no1. The molecule has 0 spiro atoms. The number of carbonyl (C=O) groups is 1. The molecule has 0 aliphatic rings. The summed E-state index contributed by atoms with van der Waals surface area (Å²) in [4.78, 5) is 15.8. The molecule has 1 heterocycles. The van der Waals surface area contributed by atoms with Gasteiger partial charge in [-0.2, -0.15) is 4.98 Å². The van der Waals surface area contributed by atoms with Crippen LogP contribution in [0.3, 0.4) is 0 Å². The maximum atomic E-state index is 11.5. The summed E-state index contributed by atoms with van der Waals surface area (Å²) in [6, 6.07) is 7.40. The molecule has 6 nitrogen and oxygen atoms in total. The summed E-state index contributed by atoms with van der Waals surface area (Å²) in [6.45, 7) is 2.71. The average molecular weight is 289 g/mol. The zero-order valence-corrected chi connectivity index (χ0v) is 12.3. The van der Waals surface area contributed by atoms with Gasteiger partial charge >= 0.3 is 0 Å². The Kier molecular flexibility index (Phi) is 5.31. The number of hydrogen-bond donors (Lipinski definition) is 1. The predicted octanol–water partition coefficient (Wildman–Crippen LogP) is 2.20. The second-order valence-electron chi connectivity index (χ2n) is 4.59. The van der Waals surface area contributed by atoms with E-state index in [0.717, 1.165) is 17.7 Å². The third-order valence-electron chi connectivity index (χ3n) is 2.95. The number of nitrogens with zero attached hydrogens (tertiary/aromatic N) is 2. The normalized spacial score (nSPS) is 10.4. The smallest absolute Gasteiger partial charge is 0.227 e. The van der Waals surface area contributed by atoms with Crippen LogP contribution in [0.4, 0.5) is 0 Å². The molecule has 1 amide bonds. The van der Waals surface area contributed by atoms with Gasteiger partial charge in [0.15, 0.2) is 0 Å². The zero-order valence-electron chi connectivity index (χ0n) is 12.3. The van der Waals surface area contributed by atoms with Crippen LogP contribution >= 0.6 is 0 Å². The summed E-state index contributed by atoms with van der Waals surface area (Å²) in [5.41, 5.74) is 0.848. The molecule has 0 unspecified atom stereocenters. The van der Waals surface area contributed by atoms with Crippen molar-refractivity contribution in [3.8, 4) is 17.1 Å². The fraction of sp³-hybridized carbons (Fsp3) is 0.400. The Labute approximate surface area is 123 Å². The summed E-state index contributed by atoms with van der Waals surface area (Å²) in [7, 11) is 1.62. The lowest BCUT2D eigenvalue weighted by Gasteiger charge is -2.00. The second-order valence-corrected chi connectivity index (χ2v) is 4.59. The number of amides is 1. The van der Waals surface area contributed by atoms with Crippen LogP contribution in [-0.2, 0) is 11.2 Å². The van der Waals surface area contributed by atoms with Gasteiger partial charge in [-0.25, -0.2) is 0 Å². The molecular weight excluding hydrogens is 270 g/mol. The Balaban J connectivity index is 1.92. The van der Waals surface area contributed by atoms with Crippen molar-refractivity contribution in [1.82, 2.24) is 15.5 Å². The van der Waals surface area contributed by atoms with Gasteiger partial charge in [-0.3, -0.25) is 4.79 Å². The van der Waals surface area contributed by atoms with Crippen LogP contribution in [0.5, 0.6) is 5.75 Å². The lowest BCUT2D eigenvalue weighted by Crippen LogP contribution is -2.24. The average Bonchev–Trinajstić information content (AvgIpc) is 3.00. The largest absolute Gasteiger partial charge is 0.497 e. The maximum absolute atomic E-state index is 11.5. The number of hydrogen-bond acceptors (Lipinski definition) is 5. The first kappa shape index (κ1) is 15.0. The van der Waals surface area contributed by atoms with Gasteiger partial charge in [0.1, 0.15) is 5.75 Å². The van der Waals surface area contributed by atoms with Crippen molar-refractivity contribution in [2.24, 2.45) is 0 Å². The second kappa shape index (κ2) is 7.42. The molecule has 1 N–H and O–H groups in total. The van der Waals surface area contributed by atoms with Crippen LogP contribution < -0.4 is 10.1 Å². The molecule has 1 aromatic carbocycles. The highest BCUT2D eigenvalue weighted by Crippen LogP contribution is 2.19. The standard InChI is InChI=1S/C15H19N3O3/c1-3-10-16-13(19)8-9-14-17-15(18-21-14)11-4-6-12(20-2)7-5-11/h4-7H,3,8-10H2,1-2H3,(H,16,19). The molecule has 0 atom stereocenters. The van der Waals surface area contributed by atoms with Crippen molar-refractivity contribution in [1.29, 1.82) is 0 Å². The van der Waals surface area contributed by atoms with Gasteiger partial charge in [-0.1, -0.05) is 12.1 Å². The Morgan fingerprint density at radius 2 is 2.10 bits per heavy atom. The van der Waals surface area contributed by atoms with Gasteiger partial charge in [0, 0.05) is 24.9 Å². The highest BCUT2D eigenvalue weighted by Gasteiger charge is 2.10. The number of nitrogens with one attached hydrogen (secondary N) is 1. The molecule has 0 saturated heterocycles. The third-order valence-corrected chi connectivity index (χ3v) is 2.95. The van der Waals surface area contributed by atoms with Crippen LogP contribution in [0.2, 0.25) is 0 Å².